The lowest BCUT2D eigenvalue weighted by molar-refractivity contribution is 0.433. The molecule has 0 amide bonds. The van der Waals surface area contributed by atoms with Crippen molar-refractivity contribution in [2.24, 2.45) is 0 Å². The molecule has 0 radical (unpaired) electrons. The lowest BCUT2D eigenvalue weighted by Gasteiger charge is -2.18. The minimum absolute atomic E-state index is 0.0978. The fourth-order valence-corrected chi connectivity index (χ4v) is 2.10. The summed E-state index contributed by atoms with van der Waals surface area (Å²) in [6.45, 7) is 6.71. The molecule has 2 nitrogen and oxygen atoms in total. The molecule has 0 aliphatic heterocycles. The van der Waals surface area contributed by atoms with Crippen molar-refractivity contribution in [3.05, 3.63) is 58.8 Å². The van der Waals surface area contributed by atoms with Crippen molar-refractivity contribution in [3.63, 3.8) is 0 Å². The topological polar surface area (TPSA) is 25.2 Å². The van der Waals surface area contributed by atoms with E-state index >= 15 is 0 Å². The molecule has 0 fully saturated rings. The fourth-order valence-electron chi connectivity index (χ4n) is 2.10. The van der Waals surface area contributed by atoms with E-state index in [9.17, 15) is 4.39 Å². The van der Waals surface area contributed by atoms with Crippen LogP contribution in [-0.4, -0.2) is 6.54 Å². The summed E-state index contributed by atoms with van der Waals surface area (Å²) in [5.74, 6) is 1.46. The van der Waals surface area contributed by atoms with E-state index in [0.717, 1.165) is 29.2 Å². The predicted molar refractivity (Wildman–Crippen MR) is 70.1 cm³/mol. The van der Waals surface area contributed by atoms with Gasteiger partial charge >= 0.3 is 0 Å². The zero-order valence-electron chi connectivity index (χ0n) is 11.0. The number of benzene rings is 1. The Balaban J connectivity index is 2.44. The van der Waals surface area contributed by atoms with Gasteiger partial charge in [0, 0.05) is 0 Å². The molecule has 0 bridgehead atoms. The number of hydrogen-bond acceptors (Lipinski definition) is 2. The summed E-state index contributed by atoms with van der Waals surface area (Å²) in [4.78, 5) is 0. The van der Waals surface area contributed by atoms with Gasteiger partial charge in [0.1, 0.15) is 17.3 Å². The van der Waals surface area contributed by atoms with Crippen LogP contribution < -0.4 is 5.32 Å². The minimum atomic E-state index is -0.221. The van der Waals surface area contributed by atoms with Crippen molar-refractivity contribution in [3.8, 4) is 0 Å². The van der Waals surface area contributed by atoms with Crippen molar-refractivity contribution in [1.82, 2.24) is 5.32 Å². The van der Waals surface area contributed by atoms with Gasteiger partial charge in [-0.25, -0.2) is 4.39 Å². The number of furan rings is 1. The van der Waals surface area contributed by atoms with Gasteiger partial charge in [0.05, 0.1) is 6.04 Å². The Hall–Kier alpha value is -1.61. The Kier molecular flexibility index (Phi) is 3.82. The second-order valence-electron chi connectivity index (χ2n) is 4.44. The molecule has 1 heterocycles. The zero-order chi connectivity index (χ0) is 13.1. The standard InChI is InChI=1S/C15H18FNO/c1-4-17-15(14-8-6-11(3)18-14)13-9-12(16)7-5-10(13)2/h5-9,15,17H,4H2,1-3H3. The van der Waals surface area contributed by atoms with E-state index in [2.05, 4.69) is 5.32 Å². The molecule has 0 saturated heterocycles. The normalized spacial score (nSPS) is 12.7. The lowest BCUT2D eigenvalue weighted by Crippen LogP contribution is -2.22. The smallest absolute Gasteiger partial charge is 0.125 e. The van der Waals surface area contributed by atoms with Crippen LogP contribution in [0.3, 0.4) is 0 Å². The lowest BCUT2D eigenvalue weighted by atomic mass is 9.99. The summed E-state index contributed by atoms with van der Waals surface area (Å²) in [7, 11) is 0. The number of nitrogens with one attached hydrogen (secondary N) is 1. The van der Waals surface area contributed by atoms with Crippen molar-refractivity contribution in [2.45, 2.75) is 26.8 Å². The Morgan fingerprint density at radius 3 is 2.61 bits per heavy atom. The molecule has 0 aliphatic rings. The number of halogens is 1. The summed E-state index contributed by atoms with van der Waals surface area (Å²) < 4.78 is 19.1. The SMILES string of the molecule is CCNC(c1ccc(C)o1)c1cc(F)ccc1C. The molecule has 2 aromatic rings. The van der Waals surface area contributed by atoms with Crippen LogP contribution in [0.4, 0.5) is 4.39 Å². The maximum atomic E-state index is 13.4. The van der Waals surface area contributed by atoms with E-state index in [1.165, 1.54) is 6.07 Å². The summed E-state index contributed by atoms with van der Waals surface area (Å²) >= 11 is 0. The van der Waals surface area contributed by atoms with Gasteiger partial charge in [-0.15, -0.1) is 0 Å². The molecule has 0 aliphatic carbocycles. The summed E-state index contributed by atoms with van der Waals surface area (Å²) in [6.07, 6.45) is 0. The van der Waals surface area contributed by atoms with Gasteiger partial charge in [0.2, 0.25) is 0 Å². The highest BCUT2D eigenvalue weighted by Gasteiger charge is 2.18. The highest BCUT2D eigenvalue weighted by atomic mass is 19.1. The molecule has 96 valence electrons. The highest BCUT2D eigenvalue weighted by Crippen LogP contribution is 2.27. The second-order valence-corrected chi connectivity index (χ2v) is 4.44. The zero-order valence-corrected chi connectivity index (χ0v) is 11.0. The second kappa shape index (κ2) is 5.36. The monoisotopic (exact) mass is 247 g/mol. The molecular weight excluding hydrogens is 229 g/mol. The molecule has 1 unspecified atom stereocenters. The maximum Gasteiger partial charge on any atom is 0.125 e. The molecule has 2 rings (SSSR count). The van der Waals surface area contributed by atoms with E-state index in [0.29, 0.717) is 0 Å². The van der Waals surface area contributed by atoms with Crippen LogP contribution in [0.15, 0.2) is 34.7 Å². The van der Waals surface area contributed by atoms with Crippen LogP contribution in [0.1, 0.15) is 35.6 Å². The van der Waals surface area contributed by atoms with Crippen LogP contribution in [0.5, 0.6) is 0 Å². The number of aryl methyl sites for hydroxylation is 2. The van der Waals surface area contributed by atoms with Gasteiger partial charge in [0.15, 0.2) is 0 Å². The third-order valence-electron chi connectivity index (χ3n) is 3.01. The number of rotatable bonds is 4. The molecule has 1 atom stereocenters. The first-order chi connectivity index (χ1) is 8.61. The maximum absolute atomic E-state index is 13.4. The van der Waals surface area contributed by atoms with Gasteiger partial charge in [-0.2, -0.15) is 0 Å². The van der Waals surface area contributed by atoms with Crippen LogP contribution in [0.25, 0.3) is 0 Å². The quantitative estimate of drug-likeness (QED) is 0.890. The molecule has 1 N–H and O–H groups in total. The van der Waals surface area contributed by atoms with Gasteiger partial charge in [-0.1, -0.05) is 13.0 Å². The van der Waals surface area contributed by atoms with E-state index in [1.807, 2.05) is 32.9 Å². The van der Waals surface area contributed by atoms with Crippen molar-refractivity contribution in [1.29, 1.82) is 0 Å². The highest BCUT2D eigenvalue weighted by molar-refractivity contribution is 5.34. The minimum Gasteiger partial charge on any atom is -0.464 e. The first-order valence-corrected chi connectivity index (χ1v) is 6.17. The Morgan fingerprint density at radius 2 is 2.00 bits per heavy atom. The Labute approximate surface area is 107 Å². The van der Waals surface area contributed by atoms with Gasteiger partial charge in [0.25, 0.3) is 0 Å². The van der Waals surface area contributed by atoms with Gasteiger partial charge < -0.3 is 9.73 Å². The predicted octanol–water partition coefficient (Wildman–Crippen LogP) is 3.73. The van der Waals surface area contributed by atoms with E-state index in [1.54, 1.807) is 12.1 Å². The van der Waals surface area contributed by atoms with Crippen LogP contribution in [-0.2, 0) is 0 Å². The van der Waals surface area contributed by atoms with Crippen molar-refractivity contribution >= 4 is 0 Å². The van der Waals surface area contributed by atoms with E-state index in [-0.39, 0.29) is 11.9 Å². The van der Waals surface area contributed by atoms with Crippen molar-refractivity contribution < 1.29 is 8.81 Å². The van der Waals surface area contributed by atoms with Gasteiger partial charge in [-0.3, -0.25) is 0 Å². The Morgan fingerprint density at radius 1 is 1.22 bits per heavy atom. The average Bonchev–Trinajstić information content (AvgIpc) is 2.76. The molecule has 1 aromatic heterocycles. The van der Waals surface area contributed by atoms with Gasteiger partial charge in [-0.05, 0) is 55.8 Å². The summed E-state index contributed by atoms with van der Waals surface area (Å²) in [5, 5.41) is 3.34. The largest absolute Gasteiger partial charge is 0.464 e. The molecule has 3 heteroatoms. The number of hydrogen-bond donors (Lipinski definition) is 1. The molecule has 0 saturated carbocycles. The molecular formula is C15H18FNO. The fraction of sp³-hybridized carbons (Fsp3) is 0.333. The summed E-state index contributed by atoms with van der Waals surface area (Å²) in [5.41, 5.74) is 1.97. The molecule has 1 aromatic carbocycles. The van der Waals surface area contributed by atoms with Crippen LogP contribution in [0.2, 0.25) is 0 Å². The van der Waals surface area contributed by atoms with E-state index < -0.39 is 0 Å². The van der Waals surface area contributed by atoms with Crippen LogP contribution >= 0.6 is 0 Å². The van der Waals surface area contributed by atoms with Crippen LogP contribution in [0, 0.1) is 19.7 Å². The molecule has 0 spiro atoms. The first-order valence-electron chi connectivity index (χ1n) is 6.17. The molecule has 18 heavy (non-hydrogen) atoms. The third-order valence-corrected chi connectivity index (χ3v) is 3.01. The van der Waals surface area contributed by atoms with E-state index in [4.69, 9.17) is 4.42 Å². The summed E-state index contributed by atoms with van der Waals surface area (Å²) in [6, 6.07) is 8.61. The first kappa shape index (κ1) is 12.8. The Bertz CT molecular complexity index is 533. The van der Waals surface area contributed by atoms with Crippen molar-refractivity contribution in [2.75, 3.05) is 6.54 Å². The average molecular weight is 247 g/mol. The third kappa shape index (κ3) is 2.62.